The predicted octanol–water partition coefficient (Wildman–Crippen LogP) is 4.27. The molecular weight excluding hydrogens is 340 g/mol. The van der Waals surface area contributed by atoms with Crippen molar-refractivity contribution in [2.45, 2.75) is 44.2 Å². The van der Waals surface area contributed by atoms with Crippen LogP contribution in [0.5, 0.6) is 0 Å². The van der Waals surface area contributed by atoms with Crippen LogP contribution in [-0.2, 0) is 16.7 Å². The number of likely N-dealkylation sites (tertiary alicyclic amines) is 1. The number of rotatable bonds is 6. The van der Waals surface area contributed by atoms with E-state index < -0.39 is 0 Å². The summed E-state index contributed by atoms with van der Waals surface area (Å²) in [6.45, 7) is 7.45. The van der Waals surface area contributed by atoms with Gasteiger partial charge in [-0.25, -0.2) is 0 Å². The van der Waals surface area contributed by atoms with E-state index in [0.29, 0.717) is 11.5 Å². The fourth-order valence-electron chi connectivity index (χ4n) is 4.78. The van der Waals surface area contributed by atoms with E-state index in [1.54, 1.807) is 12.7 Å². The summed E-state index contributed by atoms with van der Waals surface area (Å²) >= 11 is 1.91. The maximum absolute atomic E-state index is 5.26. The quantitative estimate of drug-likeness (QED) is 0.822. The van der Waals surface area contributed by atoms with Crippen LogP contribution in [0.4, 0.5) is 0 Å². The van der Waals surface area contributed by atoms with Crippen molar-refractivity contribution in [3.8, 4) is 0 Å². The van der Waals surface area contributed by atoms with Crippen LogP contribution in [0.25, 0.3) is 0 Å². The molecule has 0 radical (unpaired) electrons. The van der Waals surface area contributed by atoms with Crippen LogP contribution in [0.15, 0.2) is 36.4 Å². The molecule has 26 heavy (non-hydrogen) atoms. The normalized spacial score (nSPS) is 22.0. The predicted molar refractivity (Wildman–Crippen MR) is 109 cm³/mol. The van der Waals surface area contributed by atoms with Gasteiger partial charge in [0, 0.05) is 36.0 Å². The van der Waals surface area contributed by atoms with E-state index in [-0.39, 0.29) is 0 Å². The molecule has 1 N–H and O–H groups in total. The van der Waals surface area contributed by atoms with Crippen LogP contribution in [-0.4, -0.2) is 38.3 Å². The van der Waals surface area contributed by atoms with Crippen molar-refractivity contribution < 1.29 is 4.74 Å². The molecule has 1 saturated heterocycles. The fourth-order valence-corrected chi connectivity index (χ4v) is 5.62. The fraction of sp³-hybridized carbons (Fsp3) is 0.545. The summed E-state index contributed by atoms with van der Waals surface area (Å²) in [4.78, 5) is 5.40. The molecule has 4 heteroatoms. The lowest BCUT2D eigenvalue weighted by atomic mass is 9.73. The highest BCUT2D eigenvalue weighted by Gasteiger charge is 2.44. The molecule has 1 aliphatic carbocycles. The molecule has 0 unspecified atom stereocenters. The van der Waals surface area contributed by atoms with Gasteiger partial charge in [-0.3, -0.25) is 0 Å². The second kappa shape index (κ2) is 7.81. The largest absolute Gasteiger partial charge is 0.383 e. The Kier molecular flexibility index (Phi) is 5.46. The molecule has 3 nitrogen and oxygen atoms in total. The molecule has 1 spiro atoms. The first kappa shape index (κ1) is 18.2. The summed E-state index contributed by atoms with van der Waals surface area (Å²) < 4.78 is 5.26. The van der Waals surface area contributed by atoms with Gasteiger partial charge >= 0.3 is 0 Å². The van der Waals surface area contributed by atoms with E-state index in [0.717, 1.165) is 19.7 Å². The highest BCUT2D eigenvalue weighted by molar-refractivity contribution is 7.11. The van der Waals surface area contributed by atoms with Gasteiger partial charge < -0.3 is 15.0 Å². The van der Waals surface area contributed by atoms with Crippen molar-refractivity contribution >= 4 is 11.3 Å². The Bertz CT molecular complexity index is 733. The number of nitrogens with zero attached hydrogens (tertiary/aromatic N) is 1. The maximum Gasteiger partial charge on any atom is 0.0589 e. The van der Waals surface area contributed by atoms with Crippen LogP contribution in [0.3, 0.4) is 0 Å². The SMILES string of the molecule is COCCN1CCC2(CC1)C[C@@H](NCc1ccc(C)s1)c1ccccc12. The Morgan fingerprint density at radius 1 is 1.19 bits per heavy atom. The molecule has 1 aromatic carbocycles. The number of hydrogen-bond donors (Lipinski definition) is 1. The molecule has 1 fully saturated rings. The number of fused-ring (bicyclic) bond motifs is 2. The van der Waals surface area contributed by atoms with E-state index in [4.69, 9.17) is 4.74 Å². The smallest absolute Gasteiger partial charge is 0.0589 e. The first-order valence-corrected chi connectivity index (χ1v) is 10.6. The Balaban J connectivity index is 1.46. The van der Waals surface area contributed by atoms with Gasteiger partial charge in [0.1, 0.15) is 0 Å². The summed E-state index contributed by atoms with van der Waals surface area (Å²) in [6.07, 6.45) is 3.78. The summed E-state index contributed by atoms with van der Waals surface area (Å²) in [5.74, 6) is 0. The second-order valence-electron chi connectivity index (χ2n) is 7.85. The minimum Gasteiger partial charge on any atom is -0.383 e. The number of hydrogen-bond acceptors (Lipinski definition) is 4. The summed E-state index contributed by atoms with van der Waals surface area (Å²) in [5.41, 5.74) is 3.50. The lowest BCUT2D eigenvalue weighted by Gasteiger charge is -2.40. The summed E-state index contributed by atoms with van der Waals surface area (Å²) in [6, 6.07) is 14.1. The number of ether oxygens (including phenoxy) is 1. The molecule has 0 bridgehead atoms. The van der Waals surface area contributed by atoms with E-state index in [1.165, 1.54) is 47.7 Å². The zero-order valence-corrected chi connectivity index (χ0v) is 16.8. The van der Waals surface area contributed by atoms with Gasteiger partial charge in [0.25, 0.3) is 0 Å². The third-order valence-corrected chi connectivity index (χ3v) is 7.25. The number of aryl methyl sites for hydroxylation is 1. The molecule has 0 amide bonds. The van der Waals surface area contributed by atoms with Crippen LogP contribution < -0.4 is 5.32 Å². The third kappa shape index (κ3) is 3.61. The highest BCUT2D eigenvalue weighted by Crippen LogP contribution is 2.50. The van der Waals surface area contributed by atoms with E-state index in [9.17, 15) is 0 Å². The minimum absolute atomic E-state index is 0.364. The Morgan fingerprint density at radius 2 is 2.00 bits per heavy atom. The number of thiophene rings is 1. The summed E-state index contributed by atoms with van der Waals surface area (Å²) in [5, 5.41) is 3.86. The van der Waals surface area contributed by atoms with Gasteiger partial charge in [-0.2, -0.15) is 0 Å². The average molecular weight is 371 g/mol. The zero-order valence-electron chi connectivity index (χ0n) is 16.0. The van der Waals surface area contributed by atoms with E-state index >= 15 is 0 Å². The third-order valence-electron chi connectivity index (χ3n) is 6.25. The molecule has 2 aromatic rings. The van der Waals surface area contributed by atoms with Crippen molar-refractivity contribution in [1.82, 2.24) is 10.2 Å². The molecule has 2 heterocycles. The molecule has 0 saturated carbocycles. The molecule has 1 aromatic heterocycles. The first-order chi connectivity index (χ1) is 12.7. The monoisotopic (exact) mass is 370 g/mol. The zero-order chi connectivity index (χ0) is 18.0. The van der Waals surface area contributed by atoms with E-state index in [2.05, 4.69) is 53.5 Å². The Hall–Kier alpha value is -1.20. The van der Waals surface area contributed by atoms with Gasteiger partial charge in [0.2, 0.25) is 0 Å². The number of nitrogens with one attached hydrogen (secondary N) is 1. The first-order valence-electron chi connectivity index (χ1n) is 9.80. The second-order valence-corrected chi connectivity index (χ2v) is 9.22. The van der Waals surface area contributed by atoms with Gasteiger partial charge in [0.15, 0.2) is 0 Å². The van der Waals surface area contributed by atoms with Crippen molar-refractivity contribution in [2.75, 3.05) is 33.4 Å². The van der Waals surface area contributed by atoms with Crippen LogP contribution in [0.2, 0.25) is 0 Å². The summed E-state index contributed by atoms with van der Waals surface area (Å²) in [7, 11) is 1.80. The topological polar surface area (TPSA) is 24.5 Å². The van der Waals surface area contributed by atoms with Crippen molar-refractivity contribution in [1.29, 1.82) is 0 Å². The van der Waals surface area contributed by atoms with Crippen LogP contribution in [0, 0.1) is 6.92 Å². The van der Waals surface area contributed by atoms with Gasteiger partial charge in [-0.1, -0.05) is 24.3 Å². The van der Waals surface area contributed by atoms with Gasteiger partial charge in [0.05, 0.1) is 6.61 Å². The lowest BCUT2D eigenvalue weighted by molar-refractivity contribution is 0.107. The van der Waals surface area contributed by atoms with Crippen LogP contribution in [0.1, 0.15) is 46.2 Å². The van der Waals surface area contributed by atoms with Gasteiger partial charge in [-0.15, -0.1) is 11.3 Å². The molecule has 140 valence electrons. The molecule has 1 atom stereocenters. The number of methoxy groups -OCH3 is 1. The maximum atomic E-state index is 5.26. The molecule has 1 aliphatic heterocycles. The van der Waals surface area contributed by atoms with Gasteiger partial charge in [-0.05, 0) is 68.0 Å². The van der Waals surface area contributed by atoms with Crippen molar-refractivity contribution in [2.24, 2.45) is 0 Å². The molecule has 4 rings (SSSR count). The van der Waals surface area contributed by atoms with Crippen LogP contribution >= 0.6 is 11.3 Å². The van der Waals surface area contributed by atoms with Crippen molar-refractivity contribution in [3.05, 3.63) is 57.3 Å². The van der Waals surface area contributed by atoms with Crippen molar-refractivity contribution in [3.63, 3.8) is 0 Å². The number of benzene rings is 1. The lowest BCUT2D eigenvalue weighted by Crippen LogP contribution is -2.43. The minimum atomic E-state index is 0.364. The standard InChI is InChI=1S/C22H30N2OS/c1-17-7-8-18(26-17)16-23-21-15-22(20-6-4-3-5-19(20)21)9-11-24(12-10-22)13-14-25-2/h3-8,21,23H,9-16H2,1-2H3/t21-/m1/s1. The molecular formula is C22H30N2OS. The Labute approximate surface area is 161 Å². The number of piperidine rings is 1. The Morgan fingerprint density at radius 3 is 2.73 bits per heavy atom. The molecule has 2 aliphatic rings. The highest BCUT2D eigenvalue weighted by atomic mass is 32.1. The van der Waals surface area contributed by atoms with E-state index in [1.807, 2.05) is 11.3 Å². The average Bonchev–Trinajstić information content (AvgIpc) is 3.22.